The van der Waals surface area contributed by atoms with Gasteiger partial charge >= 0.3 is 0 Å². The van der Waals surface area contributed by atoms with Gasteiger partial charge in [0.2, 0.25) is 0 Å². The van der Waals surface area contributed by atoms with Gasteiger partial charge < -0.3 is 0 Å². The SMILES string of the molecule is C=C(CCC(=C)c1ccccc1C)c1ccc2c(c1)SCCC2. The van der Waals surface area contributed by atoms with Crippen molar-refractivity contribution >= 4 is 22.9 Å². The number of hydrogen-bond acceptors (Lipinski definition) is 1. The van der Waals surface area contributed by atoms with Crippen LogP contribution in [0.2, 0.25) is 0 Å². The zero-order chi connectivity index (χ0) is 16.2. The van der Waals surface area contributed by atoms with E-state index in [4.69, 9.17) is 0 Å². The molecule has 0 aliphatic carbocycles. The normalized spacial score (nSPS) is 13.4. The molecule has 0 N–H and O–H groups in total. The number of fused-ring (bicyclic) bond motifs is 1. The van der Waals surface area contributed by atoms with E-state index >= 15 is 0 Å². The highest BCUT2D eigenvalue weighted by Crippen LogP contribution is 2.33. The second kappa shape index (κ2) is 7.23. The largest absolute Gasteiger partial charge is 0.126 e. The van der Waals surface area contributed by atoms with Gasteiger partial charge in [-0.15, -0.1) is 11.8 Å². The summed E-state index contributed by atoms with van der Waals surface area (Å²) in [6.45, 7) is 10.7. The topological polar surface area (TPSA) is 0 Å². The first kappa shape index (κ1) is 16.1. The summed E-state index contributed by atoms with van der Waals surface area (Å²) < 4.78 is 0. The molecule has 0 saturated heterocycles. The van der Waals surface area contributed by atoms with Crippen molar-refractivity contribution < 1.29 is 0 Å². The smallest absolute Gasteiger partial charge is 0.0110 e. The lowest BCUT2D eigenvalue weighted by Gasteiger charge is -2.17. The van der Waals surface area contributed by atoms with Crippen molar-refractivity contribution in [3.05, 3.63) is 77.9 Å². The summed E-state index contributed by atoms with van der Waals surface area (Å²) in [5, 5.41) is 0. The zero-order valence-corrected chi connectivity index (χ0v) is 14.7. The van der Waals surface area contributed by atoms with Gasteiger partial charge in [-0.2, -0.15) is 0 Å². The molecule has 1 heterocycles. The van der Waals surface area contributed by atoms with E-state index in [9.17, 15) is 0 Å². The molecule has 2 aromatic carbocycles. The number of hydrogen-bond donors (Lipinski definition) is 0. The Kier molecular flexibility index (Phi) is 5.07. The molecule has 0 saturated carbocycles. The fraction of sp³-hybridized carbons (Fsp3) is 0.273. The first-order chi connectivity index (χ1) is 11.1. The van der Waals surface area contributed by atoms with E-state index < -0.39 is 0 Å². The predicted octanol–water partition coefficient (Wildman–Crippen LogP) is 6.54. The summed E-state index contributed by atoms with van der Waals surface area (Å²) in [5.74, 6) is 1.24. The first-order valence-corrected chi connectivity index (χ1v) is 9.31. The molecular formula is C22H24S. The molecular weight excluding hydrogens is 296 g/mol. The lowest BCUT2D eigenvalue weighted by Crippen LogP contribution is -1.99. The summed E-state index contributed by atoms with van der Waals surface area (Å²) in [5.41, 5.74) is 7.79. The molecule has 0 spiro atoms. The van der Waals surface area contributed by atoms with Crippen LogP contribution in [0.4, 0.5) is 0 Å². The molecule has 0 amide bonds. The lowest BCUT2D eigenvalue weighted by molar-refractivity contribution is 0.889. The summed E-state index contributed by atoms with van der Waals surface area (Å²) in [6.07, 6.45) is 4.46. The fourth-order valence-electron chi connectivity index (χ4n) is 3.11. The number of thioether (sulfide) groups is 1. The van der Waals surface area contributed by atoms with Crippen molar-refractivity contribution in [2.24, 2.45) is 0 Å². The zero-order valence-electron chi connectivity index (χ0n) is 13.9. The summed E-state index contributed by atoms with van der Waals surface area (Å²) in [7, 11) is 0. The van der Waals surface area contributed by atoms with Crippen molar-refractivity contribution in [1.29, 1.82) is 0 Å². The molecule has 118 valence electrons. The van der Waals surface area contributed by atoms with Gasteiger partial charge in [0.25, 0.3) is 0 Å². The Morgan fingerprint density at radius 2 is 1.83 bits per heavy atom. The van der Waals surface area contributed by atoms with Gasteiger partial charge in [0, 0.05) is 4.90 Å². The maximum Gasteiger partial charge on any atom is 0.0110 e. The van der Waals surface area contributed by atoms with Crippen LogP contribution < -0.4 is 0 Å². The Balaban J connectivity index is 1.66. The van der Waals surface area contributed by atoms with E-state index in [1.165, 1.54) is 56.9 Å². The molecule has 0 atom stereocenters. The molecule has 1 aliphatic rings. The third-order valence-corrected chi connectivity index (χ3v) is 5.76. The van der Waals surface area contributed by atoms with Crippen LogP contribution in [-0.4, -0.2) is 5.75 Å². The average Bonchev–Trinajstić information content (AvgIpc) is 2.59. The van der Waals surface area contributed by atoms with E-state index in [0.717, 1.165) is 12.8 Å². The number of rotatable bonds is 5. The molecule has 0 radical (unpaired) electrons. The Morgan fingerprint density at radius 3 is 2.65 bits per heavy atom. The molecule has 3 rings (SSSR count). The van der Waals surface area contributed by atoms with Gasteiger partial charge in [0.05, 0.1) is 0 Å². The summed E-state index contributed by atoms with van der Waals surface area (Å²) in [6, 6.07) is 15.3. The maximum absolute atomic E-state index is 4.31. The minimum Gasteiger partial charge on any atom is -0.126 e. The van der Waals surface area contributed by atoms with Crippen LogP contribution in [0.15, 0.2) is 60.5 Å². The predicted molar refractivity (Wildman–Crippen MR) is 104 cm³/mol. The molecule has 2 aromatic rings. The Bertz CT molecular complexity index is 739. The number of aryl methyl sites for hydroxylation is 2. The fourth-order valence-corrected chi connectivity index (χ4v) is 4.18. The molecule has 0 bridgehead atoms. The standard InChI is InChI=1S/C22H24S/c1-16(10-11-18(3)21-9-5-4-7-17(21)2)20-13-12-19-8-6-14-23-22(19)15-20/h4-5,7,9,12-13,15H,1,3,6,8,10-11,14H2,2H3. The van der Waals surface area contributed by atoms with Crippen LogP contribution >= 0.6 is 11.8 Å². The summed E-state index contributed by atoms with van der Waals surface area (Å²) in [4.78, 5) is 1.45. The molecule has 0 fully saturated rings. The van der Waals surface area contributed by atoms with Crippen molar-refractivity contribution in [3.63, 3.8) is 0 Å². The summed E-state index contributed by atoms with van der Waals surface area (Å²) >= 11 is 1.98. The average molecular weight is 321 g/mol. The van der Waals surface area contributed by atoms with Gasteiger partial charge in [-0.05, 0) is 77.8 Å². The van der Waals surface area contributed by atoms with Gasteiger partial charge in [0.15, 0.2) is 0 Å². The molecule has 0 aromatic heterocycles. The Hall–Kier alpha value is -1.73. The maximum atomic E-state index is 4.31. The van der Waals surface area contributed by atoms with E-state index in [0.29, 0.717) is 0 Å². The third kappa shape index (κ3) is 3.79. The van der Waals surface area contributed by atoms with Crippen LogP contribution in [-0.2, 0) is 6.42 Å². The molecule has 23 heavy (non-hydrogen) atoms. The molecule has 1 heteroatoms. The van der Waals surface area contributed by atoms with Crippen LogP contribution in [0.5, 0.6) is 0 Å². The van der Waals surface area contributed by atoms with Gasteiger partial charge in [-0.25, -0.2) is 0 Å². The molecule has 0 unspecified atom stereocenters. The second-order valence-corrected chi connectivity index (χ2v) is 7.43. The molecule has 0 nitrogen and oxygen atoms in total. The van der Waals surface area contributed by atoms with E-state index in [2.05, 4.69) is 62.5 Å². The first-order valence-electron chi connectivity index (χ1n) is 8.33. The second-order valence-electron chi connectivity index (χ2n) is 6.30. The van der Waals surface area contributed by atoms with Crippen molar-refractivity contribution in [3.8, 4) is 0 Å². The monoisotopic (exact) mass is 320 g/mol. The van der Waals surface area contributed by atoms with Gasteiger partial charge in [-0.3, -0.25) is 0 Å². The van der Waals surface area contributed by atoms with Crippen molar-refractivity contribution in [2.45, 2.75) is 37.5 Å². The third-order valence-electron chi connectivity index (χ3n) is 4.58. The minimum absolute atomic E-state index is 0.966. The van der Waals surface area contributed by atoms with Crippen LogP contribution in [0, 0.1) is 6.92 Å². The highest BCUT2D eigenvalue weighted by molar-refractivity contribution is 7.99. The Morgan fingerprint density at radius 1 is 1.04 bits per heavy atom. The van der Waals surface area contributed by atoms with Crippen molar-refractivity contribution in [2.75, 3.05) is 5.75 Å². The van der Waals surface area contributed by atoms with E-state index in [-0.39, 0.29) is 0 Å². The highest BCUT2D eigenvalue weighted by atomic mass is 32.2. The van der Waals surface area contributed by atoms with Crippen LogP contribution in [0.25, 0.3) is 11.1 Å². The van der Waals surface area contributed by atoms with Crippen LogP contribution in [0.1, 0.15) is 41.5 Å². The van der Waals surface area contributed by atoms with E-state index in [1.54, 1.807) is 0 Å². The quantitative estimate of drug-likeness (QED) is 0.602. The lowest BCUT2D eigenvalue weighted by atomic mass is 9.94. The van der Waals surface area contributed by atoms with Crippen molar-refractivity contribution in [1.82, 2.24) is 0 Å². The van der Waals surface area contributed by atoms with Crippen LogP contribution in [0.3, 0.4) is 0 Å². The van der Waals surface area contributed by atoms with Gasteiger partial charge in [-0.1, -0.05) is 49.6 Å². The van der Waals surface area contributed by atoms with Gasteiger partial charge in [0.1, 0.15) is 0 Å². The highest BCUT2D eigenvalue weighted by Gasteiger charge is 2.11. The number of benzene rings is 2. The molecule has 1 aliphatic heterocycles. The number of allylic oxidation sites excluding steroid dienone is 2. The van der Waals surface area contributed by atoms with E-state index in [1.807, 2.05) is 11.8 Å². The minimum atomic E-state index is 0.966. The Labute approximate surface area is 144 Å².